The number of carbonyl (C=O) groups excluding carboxylic acids is 2. The van der Waals surface area contributed by atoms with Crippen molar-refractivity contribution in [1.82, 2.24) is 10.3 Å². The number of carbonyl (C=O) groups is 2. The molecular weight excluding hydrogens is 374 g/mol. The predicted molar refractivity (Wildman–Crippen MR) is 112 cm³/mol. The van der Waals surface area contributed by atoms with Crippen LogP contribution >= 0.6 is 11.6 Å². The molecule has 0 saturated heterocycles. The molecule has 28 heavy (non-hydrogen) atoms. The maximum Gasteiger partial charge on any atom is 0.275 e. The maximum atomic E-state index is 12.9. The van der Waals surface area contributed by atoms with Gasteiger partial charge in [0.25, 0.3) is 5.91 Å². The molecule has 3 N–H and O–H groups in total. The summed E-state index contributed by atoms with van der Waals surface area (Å²) in [6.07, 6.45) is 0. The Morgan fingerprint density at radius 2 is 1.79 bits per heavy atom. The summed E-state index contributed by atoms with van der Waals surface area (Å²) in [6.45, 7) is 5.59. The molecule has 2 aromatic carbocycles. The SMILES string of the molecule is CC[NH+](CC(=O)NCc1ccc(Cl)cc1)CC(=O)c1c(C)[nH]c2ccccc12. The quantitative estimate of drug-likeness (QED) is 0.510. The molecule has 0 bridgehead atoms. The number of ketones is 1. The highest BCUT2D eigenvalue weighted by molar-refractivity contribution is 6.30. The van der Waals surface area contributed by atoms with Gasteiger partial charge in [0.1, 0.15) is 6.54 Å². The van der Waals surface area contributed by atoms with Crippen LogP contribution in [0.2, 0.25) is 5.02 Å². The maximum absolute atomic E-state index is 12.9. The van der Waals surface area contributed by atoms with Crippen molar-refractivity contribution in [1.29, 1.82) is 0 Å². The topological polar surface area (TPSA) is 66.4 Å². The second-order valence-corrected chi connectivity index (χ2v) is 7.39. The molecule has 1 aromatic heterocycles. The normalized spacial score (nSPS) is 12.1. The summed E-state index contributed by atoms with van der Waals surface area (Å²) in [4.78, 5) is 29.4. The number of likely N-dealkylation sites (N-methyl/N-ethyl adjacent to an activating group) is 1. The van der Waals surface area contributed by atoms with Crippen molar-refractivity contribution in [2.45, 2.75) is 20.4 Å². The van der Waals surface area contributed by atoms with E-state index in [0.717, 1.165) is 32.6 Å². The Morgan fingerprint density at radius 1 is 1.07 bits per heavy atom. The molecule has 1 amide bonds. The molecule has 0 saturated carbocycles. The van der Waals surface area contributed by atoms with Crippen LogP contribution in [0.15, 0.2) is 48.5 Å². The van der Waals surface area contributed by atoms with Gasteiger partial charge in [-0.3, -0.25) is 9.59 Å². The summed E-state index contributed by atoms with van der Waals surface area (Å²) in [6, 6.07) is 15.2. The molecule has 0 fully saturated rings. The first-order valence-corrected chi connectivity index (χ1v) is 9.81. The zero-order valence-corrected chi connectivity index (χ0v) is 16.9. The number of aromatic amines is 1. The molecule has 0 aliphatic heterocycles. The minimum atomic E-state index is -0.0738. The van der Waals surface area contributed by atoms with Crippen molar-refractivity contribution in [3.63, 3.8) is 0 Å². The number of nitrogens with one attached hydrogen (secondary N) is 3. The van der Waals surface area contributed by atoms with Crippen molar-refractivity contribution in [2.24, 2.45) is 0 Å². The number of aryl methyl sites for hydroxylation is 1. The fourth-order valence-electron chi connectivity index (χ4n) is 3.36. The highest BCUT2D eigenvalue weighted by Crippen LogP contribution is 2.21. The third-order valence-corrected chi connectivity index (χ3v) is 5.15. The van der Waals surface area contributed by atoms with E-state index >= 15 is 0 Å². The third kappa shape index (κ3) is 4.80. The molecule has 0 aliphatic carbocycles. The number of rotatable bonds is 8. The van der Waals surface area contributed by atoms with Crippen molar-refractivity contribution in [2.75, 3.05) is 19.6 Å². The number of benzene rings is 2. The van der Waals surface area contributed by atoms with Gasteiger partial charge in [0.05, 0.1) is 12.1 Å². The number of fused-ring (bicyclic) bond motifs is 1. The van der Waals surface area contributed by atoms with Crippen LogP contribution in [0.1, 0.15) is 28.5 Å². The first kappa shape index (κ1) is 20.1. The molecule has 1 heterocycles. The van der Waals surface area contributed by atoms with Gasteiger partial charge in [-0.2, -0.15) is 0 Å². The van der Waals surface area contributed by atoms with Crippen LogP contribution in [-0.2, 0) is 11.3 Å². The molecule has 0 aliphatic rings. The van der Waals surface area contributed by atoms with Crippen LogP contribution in [0.25, 0.3) is 10.9 Å². The van der Waals surface area contributed by atoms with Crippen molar-refractivity contribution >= 4 is 34.2 Å². The molecule has 3 aromatic rings. The van der Waals surface area contributed by atoms with Gasteiger partial charge in [0, 0.05) is 28.2 Å². The van der Waals surface area contributed by atoms with Gasteiger partial charge in [-0.1, -0.05) is 41.9 Å². The molecule has 0 radical (unpaired) electrons. The largest absolute Gasteiger partial charge is 0.358 e. The van der Waals surface area contributed by atoms with Crippen LogP contribution in [0, 0.1) is 6.92 Å². The summed E-state index contributed by atoms with van der Waals surface area (Å²) in [5.41, 5.74) is 3.54. The Labute approximate surface area is 169 Å². The van der Waals surface area contributed by atoms with Crippen LogP contribution < -0.4 is 10.2 Å². The van der Waals surface area contributed by atoms with Crippen LogP contribution in [0.5, 0.6) is 0 Å². The fourth-order valence-corrected chi connectivity index (χ4v) is 3.48. The highest BCUT2D eigenvalue weighted by Gasteiger charge is 2.22. The lowest BCUT2D eigenvalue weighted by Crippen LogP contribution is -3.13. The van der Waals surface area contributed by atoms with Gasteiger partial charge in [-0.15, -0.1) is 0 Å². The second kappa shape index (κ2) is 9.04. The lowest BCUT2D eigenvalue weighted by molar-refractivity contribution is -0.881. The van der Waals surface area contributed by atoms with Gasteiger partial charge in [0.2, 0.25) is 5.78 Å². The van der Waals surface area contributed by atoms with Crippen LogP contribution in [0.4, 0.5) is 0 Å². The number of aromatic nitrogens is 1. The van der Waals surface area contributed by atoms with Gasteiger partial charge in [-0.25, -0.2) is 0 Å². The zero-order valence-electron chi connectivity index (χ0n) is 16.1. The van der Waals surface area contributed by atoms with Crippen LogP contribution in [-0.4, -0.2) is 36.3 Å². The first-order valence-electron chi connectivity index (χ1n) is 9.43. The Bertz CT molecular complexity index is 979. The number of Topliss-reactive ketones (excluding diaryl/α,β-unsaturated/α-hetero) is 1. The molecule has 3 rings (SSSR count). The highest BCUT2D eigenvalue weighted by atomic mass is 35.5. The predicted octanol–water partition coefficient (Wildman–Crippen LogP) is 2.53. The van der Waals surface area contributed by atoms with Gasteiger partial charge in [-0.05, 0) is 37.6 Å². The third-order valence-electron chi connectivity index (χ3n) is 4.90. The smallest absolute Gasteiger partial charge is 0.275 e. The number of amides is 1. The number of hydrogen-bond acceptors (Lipinski definition) is 2. The van der Waals surface area contributed by atoms with Gasteiger partial charge in [0.15, 0.2) is 6.54 Å². The minimum absolute atomic E-state index is 0.0531. The van der Waals surface area contributed by atoms with E-state index in [2.05, 4.69) is 10.3 Å². The number of para-hydroxylation sites is 1. The number of halogens is 1. The molecule has 5 nitrogen and oxygen atoms in total. The van der Waals surface area contributed by atoms with E-state index in [1.165, 1.54) is 0 Å². The van der Waals surface area contributed by atoms with E-state index in [1.807, 2.05) is 50.2 Å². The first-order chi connectivity index (χ1) is 13.5. The van der Waals surface area contributed by atoms with Crippen molar-refractivity contribution < 1.29 is 14.5 Å². The molecule has 1 unspecified atom stereocenters. The average molecular weight is 399 g/mol. The molecule has 6 heteroatoms. The Balaban J connectivity index is 1.60. The van der Waals surface area contributed by atoms with Crippen molar-refractivity contribution in [3.8, 4) is 0 Å². The summed E-state index contributed by atoms with van der Waals surface area (Å²) < 4.78 is 0. The summed E-state index contributed by atoms with van der Waals surface area (Å²) in [7, 11) is 0. The number of quaternary nitrogens is 1. The molecule has 0 spiro atoms. The molecule has 1 atom stereocenters. The van der Waals surface area contributed by atoms with Gasteiger partial charge >= 0.3 is 0 Å². The fraction of sp³-hybridized carbons (Fsp3) is 0.273. The van der Waals surface area contributed by atoms with E-state index in [1.54, 1.807) is 12.1 Å². The lowest BCUT2D eigenvalue weighted by atomic mass is 10.1. The summed E-state index contributed by atoms with van der Waals surface area (Å²) >= 11 is 5.88. The summed E-state index contributed by atoms with van der Waals surface area (Å²) in [5.74, 6) is -0.0208. The van der Waals surface area contributed by atoms with Crippen molar-refractivity contribution in [3.05, 3.63) is 70.4 Å². The summed E-state index contributed by atoms with van der Waals surface area (Å²) in [5, 5.41) is 4.52. The van der Waals surface area contributed by atoms with E-state index in [-0.39, 0.29) is 24.8 Å². The van der Waals surface area contributed by atoms with Crippen LogP contribution in [0.3, 0.4) is 0 Å². The molecular formula is C22H25ClN3O2+. The Hall–Kier alpha value is -2.63. The van der Waals surface area contributed by atoms with E-state index < -0.39 is 0 Å². The lowest BCUT2D eigenvalue weighted by Gasteiger charge is -2.16. The number of H-pyrrole nitrogens is 1. The zero-order chi connectivity index (χ0) is 20.1. The molecule has 146 valence electrons. The van der Waals surface area contributed by atoms with Gasteiger partial charge < -0.3 is 15.2 Å². The number of hydrogen-bond donors (Lipinski definition) is 3. The standard InChI is InChI=1S/C22H24ClN3O2/c1-3-26(14-21(28)24-12-16-8-10-17(23)11-9-16)13-20(27)22-15(2)25-19-7-5-4-6-18(19)22/h4-11,25H,3,12-14H2,1-2H3,(H,24,28)/p+1. The average Bonchev–Trinajstić information content (AvgIpc) is 3.02. The second-order valence-electron chi connectivity index (χ2n) is 6.95. The Kier molecular flexibility index (Phi) is 6.49. The minimum Gasteiger partial charge on any atom is -0.358 e. The van der Waals surface area contributed by atoms with E-state index in [0.29, 0.717) is 18.1 Å². The van der Waals surface area contributed by atoms with E-state index in [9.17, 15) is 9.59 Å². The van der Waals surface area contributed by atoms with E-state index in [4.69, 9.17) is 11.6 Å². The monoisotopic (exact) mass is 398 g/mol. The Morgan fingerprint density at radius 3 is 2.50 bits per heavy atom.